The molecule has 1 unspecified atom stereocenters. The smallest absolute Gasteiger partial charge is 0.232 e. The lowest BCUT2D eigenvalue weighted by Gasteiger charge is -2.32. The zero-order valence-electron chi connectivity index (χ0n) is 15.2. The van der Waals surface area contributed by atoms with Crippen LogP contribution in [0.2, 0.25) is 5.02 Å². The molecule has 0 radical (unpaired) electrons. The lowest BCUT2D eigenvalue weighted by atomic mass is 9.98. The highest BCUT2D eigenvalue weighted by Crippen LogP contribution is 2.38. The fourth-order valence-corrected chi connectivity index (χ4v) is 4.24. The van der Waals surface area contributed by atoms with Crippen LogP contribution in [-0.4, -0.2) is 32.0 Å². The molecule has 4 rings (SSSR count). The van der Waals surface area contributed by atoms with Gasteiger partial charge >= 0.3 is 0 Å². The molecule has 0 N–H and O–H groups in total. The summed E-state index contributed by atoms with van der Waals surface area (Å²) >= 11 is 6.25. The lowest BCUT2D eigenvalue weighted by Crippen LogP contribution is -2.40. The van der Waals surface area contributed by atoms with Crippen molar-refractivity contribution in [3.63, 3.8) is 0 Å². The molecule has 2 aromatic carbocycles. The number of hydrogen-bond acceptors (Lipinski definition) is 3. The molecule has 1 saturated heterocycles. The molecule has 1 atom stereocenters. The van der Waals surface area contributed by atoms with E-state index >= 15 is 0 Å². The number of nitrogens with zero attached hydrogens (tertiary/aromatic N) is 2. The van der Waals surface area contributed by atoms with Crippen LogP contribution in [-0.2, 0) is 16.0 Å². The van der Waals surface area contributed by atoms with E-state index in [1.54, 1.807) is 23.0 Å². The van der Waals surface area contributed by atoms with E-state index in [-0.39, 0.29) is 24.2 Å². The quantitative estimate of drug-likeness (QED) is 0.811. The van der Waals surface area contributed by atoms with E-state index in [9.17, 15) is 9.59 Å². The zero-order valence-corrected chi connectivity index (χ0v) is 15.9. The number of carbonyl (C=O) groups excluding carboxylic acids is 2. The van der Waals surface area contributed by atoms with Gasteiger partial charge < -0.3 is 14.5 Å². The molecule has 5 nitrogen and oxygen atoms in total. The second-order valence-electron chi connectivity index (χ2n) is 6.92. The Morgan fingerprint density at radius 3 is 2.78 bits per heavy atom. The van der Waals surface area contributed by atoms with Gasteiger partial charge in [0, 0.05) is 19.5 Å². The fraction of sp³-hybridized carbons (Fsp3) is 0.333. The molecule has 2 aliphatic rings. The Morgan fingerprint density at radius 1 is 1.19 bits per heavy atom. The van der Waals surface area contributed by atoms with Crippen LogP contribution in [0.3, 0.4) is 0 Å². The van der Waals surface area contributed by atoms with Gasteiger partial charge in [-0.25, -0.2) is 0 Å². The molecular formula is C21H21ClN2O3. The summed E-state index contributed by atoms with van der Waals surface area (Å²) in [6.45, 7) is 0.991. The van der Waals surface area contributed by atoms with Gasteiger partial charge in [0.2, 0.25) is 11.8 Å². The van der Waals surface area contributed by atoms with Gasteiger partial charge in [0.25, 0.3) is 0 Å². The molecule has 140 valence electrons. The molecule has 0 aliphatic carbocycles. The van der Waals surface area contributed by atoms with Crippen LogP contribution in [0.4, 0.5) is 11.4 Å². The van der Waals surface area contributed by atoms with Gasteiger partial charge in [0.05, 0.1) is 29.4 Å². The number of anilines is 2. The third-order valence-electron chi connectivity index (χ3n) is 5.28. The number of halogens is 1. The van der Waals surface area contributed by atoms with Crippen LogP contribution >= 0.6 is 11.6 Å². The summed E-state index contributed by atoms with van der Waals surface area (Å²) in [4.78, 5) is 29.3. The predicted molar refractivity (Wildman–Crippen MR) is 106 cm³/mol. The highest BCUT2D eigenvalue weighted by Gasteiger charge is 2.39. The van der Waals surface area contributed by atoms with Crippen molar-refractivity contribution in [1.82, 2.24) is 0 Å². The Kier molecular flexibility index (Phi) is 4.79. The van der Waals surface area contributed by atoms with Crippen LogP contribution in [0.25, 0.3) is 0 Å². The molecule has 6 heteroatoms. The van der Waals surface area contributed by atoms with Crippen molar-refractivity contribution in [2.75, 3.05) is 30.0 Å². The van der Waals surface area contributed by atoms with Gasteiger partial charge in [0.1, 0.15) is 5.75 Å². The summed E-state index contributed by atoms with van der Waals surface area (Å²) in [6.07, 6.45) is 2.03. The average molecular weight is 385 g/mol. The highest BCUT2D eigenvalue weighted by atomic mass is 35.5. The van der Waals surface area contributed by atoms with Crippen molar-refractivity contribution in [3.05, 3.63) is 53.1 Å². The normalized spacial score (nSPS) is 19.2. The average Bonchev–Trinajstić information content (AvgIpc) is 3.08. The minimum absolute atomic E-state index is 0.0247. The summed E-state index contributed by atoms with van der Waals surface area (Å²) in [5, 5.41) is 0.518. The van der Waals surface area contributed by atoms with Crippen LogP contribution in [0, 0.1) is 5.92 Å². The number of benzene rings is 2. The molecule has 1 fully saturated rings. The maximum Gasteiger partial charge on any atom is 0.232 e. The molecule has 2 aliphatic heterocycles. The van der Waals surface area contributed by atoms with Crippen LogP contribution in [0.15, 0.2) is 42.5 Å². The Morgan fingerprint density at radius 2 is 2.00 bits per heavy atom. The maximum atomic E-state index is 13.3. The van der Waals surface area contributed by atoms with Crippen molar-refractivity contribution in [2.45, 2.75) is 19.3 Å². The highest BCUT2D eigenvalue weighted by molar-refractivity contribution is 6.34. The number of ether oxygens (including phenoxy) is 1. The predicted octanol–water partition coefficient (Wildman–Crippen LogP) is 3.68. The lowest BCUT2D eigenvalue weighted by molar-refractivity contribution is -0.124. The van der Waals surface area contributed by atoms with E-state index in [0.29, 0.717) is 29.5 Å². The number of rotatable bonds is 3. The van der Waals surface area contributed by atoms with E-state index in [2.05, 4.69) is 0 Å². The minimum Gasteiger partial charge on any atom is -0.495 e. The number of methoxy groups -OCH3 is 1. The van der Waals surface area contributed by atoms with Crippen LogP contribution < -0.4 is 14.5 Å². The Bertz CT molecular complexity index is 884. The van der Waals surface area contributed by atoms with Crippen molar-refractivity contribution < 1.29 is 14.3 Å². The van der Waals surface area contributed by atoms with E-state index in [4.69, 9.17) is 16.3 Å². The minimum atomic E-state index is -0.385. The van der Waals surface area contributed by atoms with Crippen molar-refractivity contribution >= 4 is 34.8 Å². The fourth-order valence-electron chi connectivity index (χ4n) is 4.00. The first-order valence-corrected chi connectivity index (χ1v) is 9.50. The SMILES string of the molecule is COc1cccc2c1N(C(=O)C1CC(=O)N(c3ccccc3Cl)C1)CCC2. The summed E-state index contributed by atoms with van der Waals surface area (Å²) < 4.78 is 5.49. The topological polar surface area (TPSA) is 49.9 Å². The maximum absolute atomic E-state index is 13.3. The first-order chi connectivity index (χ1) is 13.1. The van der Waals surface area contributed by atoms with E-state index in [1.807, 2.05) is 36.4 Å². The van der Waals surface area contributed by atoms with Crippen molar-refractivity contribution in [1.29, 1.82) is 0 Å². The molecule has 0 bridgehead atoms. The Hall–Kier alpha value is -2.53. The van der Waals surface area contributed by atoms with Gasteiger partial charge in [-0.3, -0.25) is 9.59 Å². The Balaban J connectivity index is 1.61. The summed E-state index contributed by atoms with van der Waals surface area (Å²) in [7, 11) is 1.62. The second kappa shape index (κ2) is 7.24. The molecule has 2 amide bonds. The number of para-hydroxylation sites is 2. The van der Waals surface area contributed by atoms with Gasteiger partial charge in [-0.2, -0.15) is 0 Å². The third-order valence-corrected chi connectivity index (χ3v) is 5.60. The molecule has 0 spiro atoms. The molecule has 2 aromatic rings. The van der Waals surface area contributed by atoms with E-state index in [0.717, 1.165) is 24.1 Å². The largest absolute Gasteiger partial charge is 0.495 e. The molecule has 27 heavy (non-hydrogen) atoms. The number of fused-ring (bicyclic) bond motifs is 1. The number of aryl methyl sites for hydroxylation is 1. The summed E-state index contributed by atoms with van der Waals surface area (Å²) in [5.74, 6) is 0.222. The number of carbonyl (C=O) groups is 2. The summed E-state index contributed by atoms with van der Waals surface area (Å²) in [6, 6.07) is 13.1. The standard InChI is InChI=1S/C21H21ClN2O3/c1-27-18-10-4-6-14-7-5-11-23(20(14)18)21(26)15-12-19(25)24(13-15)17-9-3-2-8-16(17)22/h2-4,6,8-10,15H,5,7,11-13H2,1H3. The third kappa shape index (κ3) is 3.16. The monoisotopic (exact) mass is 384 g/mol. The first-order valence-electron chi connectivity index (χ1n) is 9.12. The van der Waals surface area contributed by atoms with Gasteiger partial charge in [-0.1, -0.05) is 35.9 Å². The van der Waals surface area contributed by atoms with Gasteiger partial charge in [0.15, 0.2) is 0 Å². The van der Waals surface area contributed by atoms with Gasteiger partial charge in [-0.15, -0.1) is 0 Å². The van der Waals surface area contributed by atoms with Crippen molar-refractivity contribution in [2.24, 2.45) is 5.92 Å². The van der Waals surface area contributed by atoms with Crippen LogP contribution in [0.5, 0.6) is 5.75 Å². The Labute approximate surface area is 163 Å². The van der Waals surface area contributed by atoms with Crippen LogP contribution in [0.1, 0.15) is 18.4 Å². The summed E-state index contributed by atoms with van der Waals surface area (Å²) in [5.41, 5.74) is 2.62. The first kappa shape index (κ1) is 17.9. The van der Waals surface area contributed by atoms with Crippen molar-refractivity contribution in [3.8, 4) is 5.75 Å². The molecule has 0 saturated carbocycles. The van der Waals surface area contributed by atoms with E-state index < -0.39 is 0 Å². The van der Waals surface area contributed by atoms with Gasteiger partial charge in [-0.05, 0) is 36.6 Å². The van der Waals surface area contributed by atoms with E-state index in [1.165, 1.54) is 0 Å². The molecular weight excluding hydrogens is 364 g/mol. The molecule has 0 aromatic heterocycles. The zero-order chi connectivity index (χ0) is 19.0. The number of hydrogen-bond donors (Lipinski definition) is 0. The molecule has 2 heterocycles. The number of amides is 2. The second-order valence-corrected chi connectivity index (χ2v) is 7.33.